The van der Waals surface area contributed by atoms with Crippen LogP contribution in [0, 0.1) is 5.92 Å². The summed E-state index contributed by atoms with van der Waals surface area (Å²) in [6, 6.07) is 9.44. The maximum absolute atomic E-state index is 12.4. The van der Waals surface area contributed by atoms with Crippen LogP contribution in [-0.2, 0) is 9.53 Å². The molecule has 110 valence electrons. The molecule has 1 aliphatic rings. The van der Waals surface area contributed by atoms with Gasteiger partial charge in [-0.1, -0.05) is 37.3 Å². The van der Waals surface area contributed by atoms with Crippen LogP contribution in [0.1, 0.15) is 38.8 Å². The fourth-order valence-electron chi connectivity index (χ4n) is 2.52. The molecule has 1 aliphatic heterocycles. The number of amides is 1. The molecule has 0 aliphatic carbocycles. The van der Waals surface area contributed by atoms with Gasteiger partial charge in [-0.2, -0.15) is 0 Å². The summed E-state index contributed by atoms with van der Waals surface area (Å²) in [4.78, 5) is 12.4. The van der Waals surface area contributed by atoms with E-state index in [9.17, 15) is 4.79 Å². The fraction of sp³-hybridized carbons (Fsp3) is 0.562. The number of carbonyl (C=O) groups excluding carboxylic acids is 1. The Morgan fingerprint density at radius 3 is 2.65 bits per heavy atom. The second kappa shape index (κ2) is 5.94. The molecule has 1 saturated heterocycles. The molecule has 1 aromatic carbocycles. The highest BCUT2D eigenvalue weighted by Crippen LogP contribution is 2.27. The molecule has 1 amide bonds. The Hall–Kier alpha value is -1.39. The van der Waals surface area contributed by atoms with Crippen LogP contribution in [0.25, 0.3) is 0 Å². The van der Waals surface area contributed by atoms with E-state index < -0.39 is 0 Å². The van der Waals surface area contributed by atoms with E-state index in [0.29, 0.717) is 6.61 Å². The zero-order valence-electron chi connectivity index (χ0n) is 12.4. The first-order valence-electron chi connectivity index (χ1n) is 7.18. The maximum Gasteiger partial charge on any atom is 0.225 e. The lowest BCUT2D eigenvalue weighted by molar-refractivity contribution is -0.127. The first kappa shape index (κ1) is 15.0. The Morgan fingerprint density at radius 2 is 2.10 bits per heavy atom. The second-order valence-electron chi connectivity index (χ2n) is 5.89. The summed E-state index contributed by atoms with van der Waals surface area (Å²) in [5.41, 5.74) is 6.89. The number of benzene rings is 1. The van der Waals surface area contributed by atoms with Gasteiger partial charge in [-0.25, -0.2) is 0 Å². The summed E-state index contributed by atoms with van der Waals surface area (Å²) in [5, 5.41) is 3.11. The molecule has 0 spiro atoms. The Balaban J connectivity index is 2.02. The van der Waals surface area contributed by atoms with Gasteiger partial charge in [-0.3, -0.25) is 4.79 Å². The molecule has 0 bridgehead atoms. The van der Waals surface area contributed by atoms with E-state index in [4.69, 9.17) is 10.5 Å². The molecule has 3 N–H and O–H groups in total. The van der Waals surface area contributed by atoms with E-state index in [1.165, 1.54) is 0 Å². The molecule has 0 radical (unpaired) electrons. The third kappa shape index (κ3) is 3.02. The normalized spacial score (nSPS) is 28.9. The van der Waals surface area contributed by atoms with Gasteiger partial charge >= 0.3 is 0 Å². The highest BCUT2D eigenvalue weighted by molar-refractivity contribution is 5.80. The van der Waals surface area contributed by atoms with Crippen molar-refractivity contribution in [1.82, 2.24) is 5.32 Å². The quantitative estimate of drug-likeness (QED) is 0.884. The third-order valence-electron chi connectivity index (χ3n) is 4.43. The van der Waals surface area contributed by atoms with Gasteiger partial charge < -0.3 is 15.8 Å². The van der Waals surface area contributed by atoms with Gasteiger partial charge in [0.15, 0.2) is 0 Å². The predicted molar refractivity (Wildman–Crippen MR) is 79.1 cm³/mol. The standard InChI is InChI=1S/C16H24N2O2/c1-11(14(17)13-7-5-4-6-8-13)15(19)18-16(3)9-10-20-12(16)2/h4-8,11-12,14H,9-10,17H2,1-3H3,(H,18,19). The zero-order valence-corrected chi connectivity index (χ0v) is 12.4. The Morgan fingerprint density at radius 1 is 1.45 bits per heavy atom. The summed E-state index contributed by atoms with van der Waals surface area (Å²) >= 11 is 0. The lowest BCUT2D eigenvalue weighted by atomic mass is 9.90. The molecule has 1 fully saturated rings. The van der Waals surface area contributed by atoms with Crippen LogP contribution >= 0.6 is 0 Å². The van der Waals surface area contributed by atoms with Gasteiger partial charge in [0.05, 0.1) is 17.6 Å². The molecular weight excluding hydrogens is 252 g/mol. The summed E-state index contributed by atoms with van der Waals surface area (Å²) in [5.74, 6) is -0.289. The van der Waals surface area contributed by atoms with Crippen molar-refractivity contribution in [3.8, 4) is 0 Å². The minimum atomic E-state index is -0.294. The molecule has 1 aromatic rings. The van der Waals surface area contributed by atoms with E-state index in [2.05, 4.69) is 5.32 Å². The van der Waals surface area contributed by atoms with Gasteiger partial charge in [0.2, 0.25) is 5.91 Å². The molecule has 4 atom stereocenters. The Labute approximate surface area is 120 Å². The molecule has 4 nitrogen and oxygen atoms in total. The van der Waals surface area contributed by atoms with E-state index in [-0.39, 0.29) is 29.5 Å². The summed E-state index contributed by atoms with van der Waals surface area (Å²) in [6.45, 7) is 6.59. The lowest BCUT2D eigenvalue weighted by Gasteiger charge is -2.31. The SMILES string of the molecule is CC(C(=O)NC1(C)CCOC1C)C(N)c1ccccc1. The van der Waals surface area contributed by atoms with Crippen molar-refractivity contribution in [1.29, 1.82) is 0 Å². The van der Waals surface area contributed by atoms with Gasteiger partial charge in [-0.05, 0) is 25.8 Å². The van der Waals surface area contributed by atoms with Crippen molar-refractivity contribution in [2.45, 2.75) is 44.9 Å². The smallest absolute Gasteiger partial charge is 0.225 e. The number of ether oxygens (including phenoxy) is 1. The highest BCUT2D eigenvalue weighted by Gasteiger charge is 2.39. The molecule has 20 heavy (non-hydrogen) atoms. The Bertz CT molecular complexity index is 463. The number of rotatable bonds is 4. The highest BCUT2D eigenvalue weighted by atomic mass is 16.5. The number of hydrogen-bond acceptors (Lipinski definition) is 3. The molecule has 2 rings (SSSR count). The molecule has 1 heterocycles. The number of hydrogen-bond donors (Lipinski definition) is 2. The average molecular weight is 276 g/mol. The number of carbonyl (C=O) groups is 1. The van der Waals surface area contributed by atoms with Gasteiger partial charge in [0.1, 0.15) is 0 Å². The first-order chi connectivity index (χ1) is 9.44. The zero-order chi connectivity index (χ0) is 14.8. The van der Waals surface area contributed by atoms with Crippen molar-refractivity contribution < 1.29 is 9.53 Å². The van der Waals surface area contributed by atoms with Crippen LogP contribution in [0.5, 0.6) is 0 Å². The molecule has 4 heteroatoms. The summed E-state index contributed by atoms with van der Waals surface area (Å²) in [6.07, 6.45) is 0.874. The van der Waals surface area contributed by atoms with Crippen LogP contribution < -0.4 is 11.1 Å². The van der Waals surface area contributed by atoms with Gasteiger partial charge in [0, 0.05) is 12.6 Å². The minimum Gasteiger partial charge on any atom is -0.376 e. The topological polar surface area (TPSA) is 64.3 Å². The van der Waals surface area contributed by atoms with E-state index in [1.807, 2.05) is 51.1 Å². The molecule has 0 aromatic heterocycles. The van der Waals surface area contributed by atoms with Crippen LogP contribution in [-0.4, -0.2) is 24.2 Å². The third-order valence-corrected chi connectivity index (χ3v) is 4.43. The maximum atomic E-state index is 12.4. The molecule has 4 unspecified atom stereocenters. The number of nitrogens with one attached hydrogen (secondary N) is 1. The largest absolute Gasteiger partial charge is 0.376 e. The van der Waals surface area contributed by atoms with Gasteiger partial charge in [0.25, 0.3) is 0 Å². The first-order valence-corrected chi connectivity index (χ1v) is 7.18. The van der Waals surface area contributed by atoms with E-state index >= 15 is 0 Å². The fourth-order valence-corrected chi connectivity index (χ4v) is 2.52. The average Bonchev–Trinajstić information content (AvgIpc) is 2.77. The minimum absolute atomic E-state index is 0.0128. The predicted octanol–water partition coefficient (Wildman–Crippen LogP) is 2.01. The monoisotopic (exact) mass is 276 g/mol. The van der Waals surface area contributed by atoms with Crippen molar-refractivity contribution in [3.05, 3.63) is 35.9 Å². The second-order valence-corrected chi connectivity index (χ2v) is 5.89. The summed E-state index contributed by atoms with van der Waals surface area (Å²) in [7, 11) is 0. The molecule has 0 saturated carbocycles. The van der Waals surface area contributed by atoms with Crippen molar-refractivity contribution >= 4 is 5.91 Å². The van der Waals surface area contributed by atoms with Crippen molar-refractivity contribution in [3.63, 3.8) is 0 Å². The van der Waals surface area contributed by atoms with Crippen molar-refractivity contribution in [2.75, 3.05) is 6.61 Å². The van der Waals surface area contributed by atoms with E-state index in [0.717, 1.165) is 12.0 Å². The van der Waals surface area contributed by atoms with Crippen LogP contribution in [0.15, 0.2) is 30.3 Å². The van der Waals surface area contributed by atoms with Crippen LogP contribution in [0.3, 0.4) is 0 Å². The number of nitrogens with two attached hydrogens (primary N) is 1. The van der Waals surface area contributed by atoms with Gasteiger partial charge in [-0.15, -0.1) is 0 Å². The van der Waals surface area contributed by atoms with E-state index in [1.54, 1.807) is 0 Å². The van der Waals surface area contributed by atoms with Crippen molar-refractivity contribution in [2.24, 2.45) is 11.7 Å². The lowest BCUT2D eigenvalue weighted by Crippen LogP contribution is -2.53. The summed E-state index contributed by atoms with van der Waals surface area (Å²) < 4.78 is 5.55. The van der Waals surface area contributed by atoms with Crippen LogP contribution in [0.4, 0.5) is 0 Å². The molecular formula is C16H24N2O2. The van der Waals surface area contributed by atoms with Crippen LogP contribution in [0.2, 0.25) is 0 Å². The Kier molecular flexibility index (Phi) is 4.45.